The van der Waals surface area contributed by atoms with Crippen LogP contribution in [0.1, 0.15) is 231 Å². The summed E-state index contributed by atoms with van der Waals surface area (Å²) in [6.07, 6.45) is 28.2. The fourth-order valence-electron chi connectivity index (χ4n) is 7.69. The molecule has 2 aromatic rings. The van der Waals surface area contributed by atoms with Crippen molar-refractivity contribution in [3.05, 3.63) is 57.6 Å². The molecule has 49 heavy (non-hydrogen) atoms. The minimum Gasteiger partial charge on any atom is -0.508 e. The Morgan fingerprint density at radius 2 is 0.633 bits per heavy atom. The maximum Gasteiger partial charge on any atom is 0.119 e. The Morgan fingerprint density at radius 3 is 0.898 bits per heavy atom. The third kappa shape index (κ3) is 14.7. The third-order valence-corrected chi connectivity index (χ3v) is 11.0. The summed E-state index contributed by atoms with van der Waals surface area (Å²) < 4.78 is 0. The van der Waals surface area contributed by atoms with Crippen molar-refractivity contribution >= 4 is 0 Å². The lowest BCUT2D eigenvalue weighted by Gasteiger charge is -2.38. The Kier molecular flexibility index (Phi) is 18.9. The van der Waals surface area contributed by atoms with E-state index in [2.05, 4.69) is 93.5 Å². The second-order valence-electron chi connectivity index (χ2n) is 18.0. The molecule has 0 bridgehead atoms. The van der Waals surface area contributed by atoms with Crippen molar-refractivity contribution in [2.24, 2.45) is 0 Å². The first-order chi connectivity index (χ1) is 23.1. The summed E-state index contributed by atoms with van der Waals surface area (Å²) in [4.78, 5) is 0. The van der Waals surface area contributed by atoms with E-state index in [4.69, 9.17) is 0 Å². The zero-order chi connectivity index (χ0) is 36.5. The quantitative estimate of drug-likeness (QED) is 0.109. The Hall–Kier alpha value is -1.96. The number of unbranched alkanes of at least 4 members (excludes halogenated alkanes) is 18. The predicted molar refractivity (Wildman–Crippen MR) is 217 cm³/mol. The van der Waals surface area contributed by atoms with Crippen molar-refractivity contribution in [2.75, 3.05) is 0 Å². The van der Waals surface area contributed by atoms with E-state index in [0.29, 0.717) is 11.5 Å². The second kappa shape index (κ2) is 21.4. The molecule has 0 saturated carbocycles. The highest BCUT2D eigenvalue weighted by atomic mass is 16.3. The van der Waals surface area contributed by atoms with Crippen LogP contribution in [-0.4, -0.2) is 10.2 Å². The number of hydrogen-bond acceptors (Lipinski definition) is 2. The molecule has 0 aromatic heterocycles. The molecule has 0 radical (unpaired) electrons. The van der Waals surface area contributed by atoms with Crippen LogP contribution < -0.4 is 0 Å². The van der Waals surface area contributed by atoms with Gasteiger partial charge in [-0.2, -0.15) is 0 Å². The topological polar surface area (TPSA) is 40.5 Å². The molecule has 280 valence electrons. The van der Waals surface area contributed by atoms with E-state index in [-0.39, 0.29) is 16.2 Å². The Bertz CT molecular complexity index is 1110. The number of benzene rings is 2. The molecular formula is C47H80O2. The summed E-state index contributed by atoms with van der Waals surface area (Å²) in [7, 11) is 0. The highest BCUT2D eigenvalue weighted by molar-refractivity contribution is 5.56. The largest absolute Gasteiger partial charge is 0.508 e. The van der Waals surface area contributed by atoms with E-state index in [1.807, 2.05) is 0 Å². The normalized spacial score (nSPS) is 12.6. The molecular weight excluding hydrogens is 597 g/mol. The molecule has 2 nitrogen and oxygen atoms in total. The number of rotatable bonds is 24. The van der Waals surface area contributed by atoms with Crippen LogP contribution in [0, 0.1) is 0 Å². The molecule has 2 heteroatoms. The number of phenolic OH excluding ortho intramolecular Hbond substituents is 2. The van der Waals surface area contributed by atoms with Crippen LogP contribution in [0.3, 0.4) is 0 Å². The van der Waals surface area contributed by atoms with Gasteiger partial charge in [-0.05, 0) is 82.0 Å². The van der Waals surface area contributed by atoms with Gasteiger partial charge < -0.3 is 10.2 Å². The van der Waals surface area contributed by atoms with E-state index in [0.717, 1.165) is 36.8 Å². The molecule has 2 N–H and O–H groups in total. The van der Waals surface area contributed by atoms with E-state index >= 15 is 0 Å². The van der Waals surface area contributed by atoms with Gasteiger partial charge in [0.15, 0.2) is 0 Å². The fourth-order valence-corrected chi connectivity index (χ4v) is 7.69. The molecule has 0 aliphatic carbocycles. The summed E-state index contributed by atoms with van der Waals surface area (Å²) >= 11 is 0. The number of aryl methyl sites for hydroxylation is 2. The highest BCUT2D eigenvalue weighted by Gasteiger charge is 2.35. The molecule has 0 fully saturated rings. The van der Waals surface area contributed by atoms with Gasteiger partial charge in [-0.25, -0.2) is 0 Å². The van der Waals surface area contributed by atoms with E-state index in [1.54, 1.807) is 0 Å². The molecule has 0 aliphatic heterocycles. The third-order valence-electron chi connectivity index (χ3n) is 11.0. The molecule has 0 aliphatic rings. The second-order valence-corrected chi connectivity index (χ2v) is 18.0. The van der Waals surface area contributed by atoms with Gasteiger partial charge in [0.25, 0.3) is 0 Å². The lowest BCUT2D eigenvalue weighted by Crippen LogP contribution is -2.29. The highest BCUT2D eigenvalue weighted by Crippen LogP contribution is 2.46. The fraction of sp³-hybridized carbons (Fsp3) is 0.745. The van der Waals surface area contributed by atoms with Crippen LogP contribution in [0.4, 0.5) is 0 Å². The molecule has 0 amide bonds. The van der Waals surface area contributed by atoms with Crippen molar-refractivity contribution in [3.8, 4) is 11.5 Å². The van der Waals surface area contributed by atoms with Crippen LogP contribution in [0.2, 0.25) is 0 Å². The molecule has 0 saturated heterocycles. The smallest absolute Gasteiger partial charge is 0.119 e. The van der Waals surface area contributed by atoms with Crippen molar-refractivity contribution in [2.45, 2.75) is 227 Å². The van der Waals surface area contributed by atoms with Gasteiger partial charge in [0.2, 0.25) is 0 Å². The van der Waals surface area contributed by atoms with Gasteiger partial charge in [-0.15, -0.1) is 0 Å². The lowest BCUT2D eigenvalue weighted by molar-refractivity contribution is 0.454. The average Bonchev–Trinajstić information content (AvgIpc) is 3.02. The van der Waals surface area contributed by atoms with E-state index < -0.39 is 0 Å². The van der Waals surface area contributed by atoms with E-state index in [9.17, 15) is 10.2 Å². The van der Waals surface area contributed by atoms with Gasteiger partial charge in [-0.3, -0.25) is 0 Å². The maximum absolute atomic E-state index is 11.3. The summed E-state index contributed by atoms with van der Waals surface area (Å²) in [5, 5.41) is 22.6. The van der Waals surface area contributed by atoms with E-state index in [1.165, 1.54) is 138 Å². The van der Waals surface area contributed by atoms with Crippen LogP contribution in [0.5, 0.6) is 11.5 Å². The first-order valence-electron chi connectivity index (χ1n) is 20.9. The standard InChI is InChI=1S/C47H80O2/c1-11-13-15-17-19-21-23-25-27-29-31-37-33-41(39(35-43(37)48)45(3,4)5)47(9,10)42-34-38(44(49)36-40(42)46(6,7)8)32-30-28-26-24-22-20-18-16-14-12-2/h33-36,48-49H,11-32H2,1-10H3. The average molecular weight is 677 g/mol. The predicted octanol–water partition coefficient (Wildman–Crippen LogP) is 14.9. The number of phenols is 2. The summed E-state index contributed by atoms with van der Waals surface area (Å²) in [6, 6.07) is 8.82. The van der Waals surface area contributed by atoms with Gasteiger partial charge in [-0.1, -0.05) is 197 Å². The van der Waals surface area contributed by atoms with Gasteiger partial charge in [0.1, 0.15) is 11.5 Å². The Balaban J connectivity index is 2.25. The zero-order valence-corrected chi connectivity index (χ0v) is 34.3. The minimum atomic E-state index is -0.300. The van der Waals surface area contributed by atoms with Crippen LogP contribution in [0.25, 0.3) is 0 Å². The van der Waals surface area contributed by atoms with Crippen molar-refractivity contribution in [1.29, 1.82) is 0 Å². The Morgan fingerprint density at radius 1 is 0.367 bits per heavy atom. The van der Waals surface area contributed by atoms with Crippen molar-refractivity contribution in [3.63, 3.8) is 0 Å². The monoisotopic (exact) mass is 677 g/mol. The molecule has 2 aromatic carbocycles. The SMILES string of the molecule is CCCCCCCCCCCCc1cc(C(C)(C)c2cc(CCCCCCCCCCCC)c(O)cc2C(C)(C)C)c(C(C)(C)C)cc1O. The van der Waals surface area contributed by atoms with Gasteiger partial charge in [0.05, 0.1) is 0 Å². The minimum absolute atomic E-state index is 0.114. The van der Waals surface area contributed by atoms with Crippen LogP contribution in [0.15, 0.2) is 24.3 Å². The van der Waals surface area contributed by atoms with Crippen LogP contribution in [-0.2, 0) is 29.1 Å². The Labute approximate surface area is 305 Å². The maximum atomic E-state index is 11.3. The van der Waals surface area contributed by atoms with Gasteiger partial charge in [0, 0.05) is 5.41 Å². The molecule has 0 spiro atoms. The van der Waals surface area contributed by atoms with Gasteiger partial charge >= 0.3 is 0 Å². The summed E-state index contributed by atoms with van der Waals surface area (Å²) in [5.41, 5.74) is 6.68. The first-order valence-corrected chi connectivity index (χ1v) is 20.9. The lowest BCUT2D eigenvalue weighted by atomic mass is 9.66. The van der Waals surface area contributed by atoms with Crippen molar-refractivity contribution < 1.29 is 10.2 Å². The molecule has 0 unspecified atom stereocenters. The molecule has 0 heterocycles. The first kappa shape index (κ1) is 43.2. The zero-order valence-electron chi connectivity index (χ0n) is 34.3. The number of aromatic hydroxyl groups is 2. The van der Waals surface area contributed by atoms with Crippen LogP contribution >= 0.6 is 0 Å². The van der Waals surface area contributed by atoms with Crippen molar-refractivity contribution in [1.82, 2.24) is 0 Å². The molecule has 2 rings (SSSR count). The molecule has 0 atom stereocenters. The summed E-state index contributed by atoms with van der Waals surface area (Å²) in [5.74, 6) is 0.896. The number of hydrogen-bond donors (Lipinski definition) is 2. The summed E-state index contributed by atoms with van der Waals surface area (Å²) in [6.45, 7) is 22.9.